The first-order valence-electron chi connectivity index (χ1n) is 10.4. The molecule has 1 aliphatic rings. The van der Waals surface area contributed by atoms with Gasteiger partial charge in [0.1, 0.15) is 29.6 Å². The maximum Gasteiger partial charge on any atom is 0.407 e. The first kappa shape index (κ1) is 23.4. The predicted octanol–water partition coefficient (Wildman–Crippen LogP) is 3.63. The van der Waals surface area contributed by atoms with E-state index in [1.807, 2.05) is 26.0 Å². The Bertz CT molecular complexity index is 1110. The zero-order valence-electron chi connectivity index (χ0n) is 19.1. The van der Waals surface area contributed by atoms with Gasteiger partial charge in [0.25, 0.3) is 0 Å². The molecule has 0 saturated heterocycles. The van der Waals surface area contributed by atoms with Crippen LogP contribution in [0.15, 0.2) is 40.1 Å². The van der Waals surface area contributed by atoms with Gasteiger partial charge in [-0.3, -0.25) is 4.79 Å². The van der Waals surface area contributed by atoms with E-state index in [-0.39, 0.29) is 13.2 Å². The van der Waals surface area contributed by atoms with Crippen molar-refractivity contribution in [2.75, 3.05) is 13.2 Å². The van der Waals surface area contributed by atoms with Crippen molar-refractivity contribution in [1.29, 1.82) is 0 Å². The molecule has 8 heteroatoms. The Morgan fingerprint density at radius 2 is 1.97 bits per heavy atom. The van der Waals surface area contributed by atoms with E-state index in [4.69, 9.17) is 18.6 Å². The zero-order chi connectivity index (χ0) is 23.7. The number of allylic oxidation sites excluding steroid dienone is 1. The zero-order valence-corrected chi connectivity index (χ0v) is 19.1. The van der Waals surface area contributed by atoms with Gasteiger partial charge >= 0.3 is 17.7 Å². The van der Waals surface area contributed by atoms with E-state index in [9.17, 15) is 14.4 Å². The SMILES string of the molecule is C=CC(C)(C)c1cc2cc3c(cc2oc1=O)O[C@@H](C(C)(C)OC(=O)NCCOC(C)=O)C3. The van der Waals surface area contributed by atoms with Crippen LogP contribution in [0.3, 0.4) is 0 Å². The summed E-state index contributed by atoms with van der Waals surface area (Å²) in [6, 6.07) is 5.46. The van der Waals surface area contributed by atoms with Gasteiger partial charge in [-0.05, 0) is 31.5 Å². The van der Waals surface area contributed by atoms with Gasteiger partial charge in [0.05, 0.1) is 6.54 Å². The number of benzene rings is 1. The molecule has 1 N–H and O–H groups in total. The van der Waals surface area contributed by atoms with Crippen molar-refractivity contribution in [2.45, 2.75) is 58.2 Å². The Labute approximate surface area is 186 Å². The second-order valence-corrected chi connectivity index (χ2v) is 8.94. The standard InChI is InChI=1S/C24H29NO7/c1-7-23(3,4)17-11-15-10-16-12-20(30-18(16)13-19(15)31-21(17)27)24(5,6)32-22(28)25-8-9-29-14(2)26/h7,10-11,13,20H,1,8-9,12H2,2-6H3,(H,25,28)/t20-/m1/s1. The summed E-state index contributed by atoms with van der Waals surface area (Å²) in [5.74, 6) is 0.175. The number of alkyl carbamates (subject to hydrolysis) is 1. The van der Waals surface area contributed by atoms with Gasteiger partial charge in [0, 0.05) is 35.8 Å². The van der Waals surface area contributed by atoms with E-state index in [0.29, 0.717) is 23.3 Å². The van der Waals surface area contributed by atoms with Crippen molar-refractivity contribution in [3.8, 4) is 5.75 Å². The lowest BCUT2D eigenvalue weighted by molar-refractivity contribution is -0.140. The molecule has 0 aliphatic carbocycles. The van der Waals surface area contributed by atoms with Crippen molar-refractivity contribution in [2.24, 2.45) is 0 Å². The summed E-state index contributed by atoms with van der Waals surface area (Å²) in [4.78, 5) is 35.4. The highest BCUT2D eigenvalue weighted by Crippen LogP contribution is 2.38. The molecule has 172 valence electrons. The Morgan fingerprint density at radius 3 is 2.62 bits per heavy atom. The normalized spacial score (nSPS) is 15.6. The predicted molar refractivity (Wildman–Crippen MR) is 119 cm³/mol. The molecule has 3 rings (SSSR count). The summed E-state index contributed by atoms with van der Waals surface area (Å²) < 4.78 is 21.9. The van der Waals surface area contributed by atoms with Gasteiger partial charge in [-0.25, -0.2) is 9.59 Å². The van der Waals surface area contributed by atoms with Crippen molar-refractivity contribution >= 4 is 23.0 Å². The summed E-state index contributed by atoms with van der Waals surface area (Å²) in [5, 5.41) is 3.34. The van der Waals surface area contributed by atoms with Crippen molar-refractivity contribution < 1.29 is 28.2 Å². The topological polar surface area (TPSA) is 104 Å². The van der Waals surface area contributed by atoms with Crippen LogP contribution in [0.2, 0.25) is 0 Å². The highest BCUT2D eigenvalue weighted by Gasteiger charge is 2.40. The monoisotopic (exact) mass is 443 g/mol. The van der Waals surface area contributed by atoms with Gasteiger partial charge < -0.3 is 23.9 Å². The van der Waals surface area contributed by atoms with Gasteiger partial charge in [-0.15, -0.1) is 6.58 Å². The third-order valence-electron chi connectivity index (χ3n) is 5.60. The fourth-order valence-electron chi connectivity index (χ4n) is 3.49. The van der Waals surface area contributed by atoms with Crippen LogP contribution in [0.4, 0.5) is 4.79 Å². The van der Waals surface area contributed by atoms with Gasteiger partial charge in [0.2, 0.25) is 0 Å². The fourth-order valence-corrected chi connectivity index (χ4v) is 3.49. The third-order valence-corrected chi connectivity index (χ3v) is 5.60. The minimum absolute atomic E-state index is 0.0681. The largest absolute Gasteiger partial charge is 0.485 e. The number of amides is 1. The van der Waals surface area contributed by atoms with E-state index < -0.39 is 34.8 Å². The number of nitrogens with one attached hydrogen (secondary N) is 1. The summed E-state index contributed by atoms with van der Waals surface area (Å²) in [6.45, 7) is 12.7. The number of ether oxygens (including phenoxy) is 3. The average molecular weight is 443 g/mol. The molecule has 0 radical (unpaired) electrons. The molecule has 0 fully saturated rings. The number of fused-ring (bicyclic) bond motifs is 2. The molecule has 1 aromatic heterocycles. The number of rotatable bonds is 7. The van der Waals surface area contributed by atoms with Crippen LogP contribution in [-0.2, 0) is 26.1 Å². The van der Waals surface area contributed by atoms with Crippen LogP contribution >= 0.6 is 0 Å². The molecule has 0 bridgehead atoms. The van der Waals surface area contributed by atoms with Crippen LogP contribution in [0.1, 0.15) is 45.7 Å². The van der Waals surface area contributed by atoms with Crippen molar-refractivity contribution in [1.82, 2.24) is 5.32 Å². The first-order valence-corrected chi connectivity index (χ1v) is 10.4. The number of carbonyl (C=O) groups is 2. The van der Waals surface area contributed by atoms with Gasteiger partial charge in [-0.2, -0.15) is 0 Å². The molecule has 1 atom stereocenters. The Balaban J connectivity index is 1.74. The molecule has 0 spiro atoms. The van der Waals surface area contributed by atoms with E-state index in [0.717, 1.165) is 10.9 Å². The maximum absolute atomic E-state index is 12.5. The Morgan fingerprint density at radius 1 is 1.25 bits per heavy atom. The minimum atomic E-state index is -0.937. The molecule has 1 aromatic carbocycles. The number of carbonyl (C=O) groups excluding carboxylic acids is 2. The molecule has 2 heterocycles. The summed E-state index contributed by atoms with van der Waals surface area (Å²) in [6.07, 6.45) is 1.19. The lowest BCUT2D eigenvalue weighted by atomic mass is 9.85. The number of esters is 1. The van der Waals surface area contributed by atoms with Crippen molar-refractivity contribution in [3.05, 3.63) is 52.4 Å². The van der Waals surface area contributed by atoms with E-state index in [1.165, 1.54) is 6.92 Å². The van der Waals surface area contributed by atoms with Gasteiger partial charge in [-0.1, -0.05) is 19.9 Å². The average Bonchev–Trinajstić information content (AvgIpc) is 3.12. The fraction of sp³-hybridized carbons (Fsp3) is 0.458. The first-order chi connectivity index (χ1) is 14.9. The van der Waals surface area contributed by atoms with Crippen LogP contribution in [0.25, 0.3) is 11.0 Å². The van der Waals surface area contributed by atoms with E-state index in [1.54, 1.807) is 26.0 Å². The summed E-state index contributed by atoms with van der Waals surface area (Å²) in [7, 11) is 0. The van der Waals surface area contributed by atoms with E-state index >= 15 is 0 Å². The second kappa shape index (κ2) is 8.68. The molecule has 0 saturated carbocycles. The molecule has 8 nitrogen and oxygen atoms in total. The molecular formula is C24H29NO7. The number of hydrogen-bond acceptors (Lipinski definition) is 7. The van der Waals surface area contributed by atoms with Crippen LogP contribution in [0.5, 0.6) is 5.75 Å². The minimum Gasteiger partial charge on any atom is -0.485 e. The summed E-state index contributed by atoms with van der Waals surface area (Å²) >= 11 is 0. The van der Waals surface area contributed by atoms with Crippen LogP contribution in [0, 0.1) is 0 Å². The molecule has 2 aromatic rings. The number of hydrogen-bond donors (Lipinski definition) is 1. The van der Waals surface area contributed by atoms with E-state index in [2.05, 4.69) is 11.9 Å². The molecule has 1 aliphatic heterocycles. The van der Waals surface area contributed by atoms with Crippen LogP contribution < -0.4 is 15.7 Å². The maximum atomic E-state index is 12.5. The Hall–Kier alpha value is -3.29. The molecule has 0 unspecified atom stereocenters. The third kappa shape index (κ3) is 4.95. The summed E-state index contributed by atoms with van der Waals surface area (Å²) in [5.41, 5.74) is 0.0278. The smallest absolute Gasteiger partial charge is 0.407 e. The highest BCUT2D eigenvalue weighted by atomic mass is 16.6. The lowest BCUT2D eigenvalue weighted by Crippen LogP contribution is -2.46. The molecule has 1 amide bonds. The molecule has 32 heavy (non-hydrogen) atoms. The molecular weight excluding hydrogens is 414 g/mol. The quantitative estimate of drug-likeness (QED) is 0.302. The second-order valence-electron chi connectivity index (χ2n) is 8.94. The van der Waals surface area contributed by atoms with Gasteiger partial charge in [0.15, 0.2) is 0 Å². The van der Waals surface area contributed by atoms with Crippen LogP contribution in [-0.4, -0.2) is 36.9 Å². The highest BCUT2D eigenvalue weighted by molar-refractivity contribution is 5.81. The Kier molecular flexibility index (Phi) is 6.34. The van der Waals surface area contributed by atoms with Crippen molar-refractivity contribution in [3.63, 3.8) is 0 Å². The lowest BCUT2D eigenvalue weighted by Gasteiger charge is -2.30.